The molecule has 0 fully saturated rings. The molecule has 6 heteroatoms. The Bertz CT molecular complexity index is 108. The molecule has 0 aromatic rings. The van der Waals surface area contributed by atoms with Crippen molar-refractivity contribution in [2.45, 2.75) is 10.6 Å². The molecule has 0 aliphatic rings. The molecule has 2 N–H and O–H groups in total. The predicted molar refractivity (Wildman–Crippen MR) is 30.4 cm³/mol. The average Bonchev–Trinajstić information content (AvgIpc) is 1.27. The minimum Gasteiger partial charge on any atom is -0.264 e. The van der Waals surface area contributed by atoms with Crippen LogP contribution in [0, 0.1) is 0 Å². The molecule has 0 rings (SSSR count). The fraction of sp³-hybridized carbons (Fsp3) is 1.00. The summed E-state index contributed by atoms with van der Waals surface area (Å²) < 4.78 is 33.0. The molecule has 8 heavy (non-hydrogen) atoms. The van der Waals surface area contributed by atoms with E-state index in [4.69, 9.17) is 17.5 Å². The van der Waals surface area contributed by atoms with Gasteiger partial charge in [-0.05, 0) is 0 Å². The molecular weight excluding hydrogens is 143 g/mol. The zero-order valence-electron chi connectivity index (χ0n) is 4.83. The maximum Gasteiger partial charge on any atom is 0.394 e. The largest absolute Gasteiger partial charge is 0.394 e. The van der Waals surface area contributed by atoms with E-state index >= 15 is 0 Å². The van der Waals surface area contributed by atoms with Gasteiger partial charge in [0, 0.05) is 0 Å². The molecule has 0 spiro atoms. The molecule has 0 aromatic heterocycles. The van der Waals surface area contributed by atoms with Crippen molar-refractivity contribution in [1.29, 1.82) is 0 Å². The van der Waals surface area contributed by atoms with E-state index in [1.165, 1.54) is 31.6 Å². The van der Waals surface area contributed by atoms with Crippen LogP contribution in [-0.4, -0.2) is 45.5 Å². The Morgan fingerprint density at radius 3 is 1.50 bits per heavy atom. The summed E-state index contributed by atoms with van der Waals surface area (Å²) in [4.78, 5) is 0. The first-order valence-electron chi connectivity index (χ1n) is 2.11. The molecule has 0 bridgehead atoms. The number of hydrogen-bond donors (Lipinski definition) is 2. The van der Waals surface area contributed by atoms with E-state index in [1.54, 1.807) is 0 Å². The van der Waals surface area contributed by atoms with Crippen molar-refractivity contribution in [3.05, 3.63) is 0 Å². The number of rotatable bonds is 0. The SMILES string of the molecule is C[CH2][Na].O=S(=O)(O)O. The third-order valence-corrected chi connectivity index (χ3v) is 0. The molecular formula is C2H7NaO4S. The summed E-state index contributed by atoms with van der Waals surface area (Å²) in [5.41, 5.74) is 0. The second-order valence-electron chi connectivity index (χ2n) is 1.15. The molecule has 0 heterocycles. The Labute approximate surface area is 66.3 Å². The Morgan fingerprint density at radius 2 is 1.50 bits per heavy atom. The van der Waals surface area contributed by atoms with E-state index < -0.39 is 10.4 Å². The topological polar surface area (TPSA) is 74.6 Å². The third kappa shape index (κ3) is 313. The van der Waals surface area contributed by atoms with Crippen molar-refractivity contribution in [1.82, 2.24) is 0 Å². The predicted octanol–water partition coefficient (Wildman–Crippen LogP) is -0.0597. The molecule has 4 nitrogen and oxygen atoms in total. The summed E-state index contributed by atoms with van der Waals surface area (Å²) in [5, 5.41) is 0. The Kier molecular flexibility index (Phi) is 8.73. The van der Waals surface area contributed by atoms with Gasteiger partial charge in [-0.1, -0.05) is 0 Å². The first-order chi connectivity index (χ1) is 3.41. The Hall–Kier alpha value is 0.870. The van der Waals surface area contributed by atoms with Crippen LogP contribution >= 0.6 is 0 Å². The van der Waals surface area contributed by atoms with Crippen LogP contribution in [0.5, 0.6) is 0 Å². The van der Waals surface area contributed by atoms with Crippen molar-refractivity contribution in [2.24, 2.45) is 0 Å². The van der Waals surface area contributed by atoms with Crippen molar-refractivity contribution >= 4 is 38.3 Å². The molecule has 0 atom stereocenters. The quantitative estimate of drug-likeness (QED) is 0.374. The molecule has 0 unspecified atom stereocenters. The fourth-order valence-corrected chi connectivity index (χ4v) is 0. The maximum absolute atomic E-state index is 8.74. The maximum atomic E-state index is 8.74. The van der Waals surface area contributed by atoms with Gasteiger partial charge in [-0.25, -0.2) is 0 Å². The minimum absolute atomic E-state index is 1.37. The Balaban J connectivity index is 0. The summed E-state index contributed by atoms with van der Waals surface area (Å²) in [5.74, 6) is 0. The van der Waals surface area contributed by atoms with E-state index in [-0.39, 0.29) is 0 Å². The summed E-state index contributed by atoms with van der Waals surface area (Å²) in [6, 6.07) is 0. The first-order valence-corrected chi connectivity index (χ1v) is 4.92. The van der Waals surface area contributed by atoms with Crippen molar-refractivity contribution < 1.29 is 17.5 Å². The smallest absolute Gasteiger partial charge is 0.264 e. The van der Waals surface area contributed by atoms with Gasteiger partial charge in [-0.2, -0.15) is 8.42 Å². The Morgan fingerprint density at radius 1 is 1.50 bits per heavy atom. The fourth-order valence-electron chi connectivity index (χ4n) is 0. The van der Waals surface area contributed by atoms with E-state index in [2.05, 4.69) is 6.92 Å². The van der Waals surface area contributed by atoms with Crippen molar-refractivity contribution in [2.75, 3.05) is 0 Å². The van der Waals surface area contributed by atoms with Gasteiger partial charge >= 0.3 is 48.9 Å². The van der Waals surface area contributed by atoms with Gasteiger partial charge in [0.1, 0.15) is 0 Å². The van der Waals surface area contributed by atoms with Gasteiger partial charge in [0.2, 0.25) is 0 Å². The summed E-state index contributed by atoms with van der Waals surface area (Å²) in [6.45, 7) is 2.19. The van der Waals surface area contributed by atoms with E-state index in [0.29, 0.717) is 0 Å². The normalized spacial score (nSPS) is 9.62. The van der Waals surface area contributed by atoms with Gasteiger partial charge in [-0.3, -0.25) is 9.11 Å². The molecule has 0 saturated carbocycles. The average molecular weight is 150 g/mol. The third-order valence-electron chi connectivity index (χ3n) is 0. The van der Waals surface area contributed by atoms with Crippen LogP contribution in [0.4, 0.5) is 0 Å². The molecule has 0 radical (unpaired) electrons. The van der Waals surface area contributed by atoms with Gasteiger partial charge < -0.3 is 0 Å². The molecule has 0 amide bonds. The van der Waals surface area contributed by atoms with Crippen LogP contribution in [0.25, 0.3) is 0 Å². The standard InChI is InChI=1S/C2H5.Na.H2O4S/c1-2;;1-5(2,3)4/h1H2,2H3;;(H2,1,2,3,4). The minimum atomic E-state index is -4.67. The van der Waals surface area contributed by atoms with E-state index in [1.807, 2.05) is 0 Å². The second kappa shape index (κ2) is 6.00. The van der Waals surface area contributed by atoms with Gasteiger partial charge in [0.25, 0.3) is 0 Å². The van der Waals surface area contributed by atoms with Crippen LogP contribution in [-0.2, 0) is 10.4 Å². The van der Waals surface area contributed by atoms with Gasteiger partial charge in [0.15, 0.2) is 0 Å². The van der Waals surface area contributed by atoms with Crippen LogP contribution in [0.2, 0.25) is 3.67 Å². The molecule has 0 saturated heterocycles. The first kappa shape index (κ1) is 11.6. The summed E-state index contributed by atoms with van der Waals surface area (Å²) in [6.07, 6.45) is 0. The molecule has 0 aliphatic heterocycles. The zero-order chi connectivity index (χ0) is 7.21. The van der Waals surface area contributed by atoms with E-state index in [0.717, 1.165) is 0 Å². The van der Waals surface area contributed by atoms with Crippen LogP contribution < -0.4 is 0 Å². The van der Waals surface area contributed by atoms with Crippen LogP contribution in [0.1, 0.15) is 6.92 Å². The molecule has 0 aromatic carbocycles. The van der Waals surface area contributed by atoms with Gasteiger partial charge in [0.05, 0.1) is 0 Å². The second-order valence-corrected chi connectivity index (χ2v) is 3.46. The number of hydrogen-bond acceptors (Lipinski definition) is 2. The monoisotopic (exact) mass is 150 g/mol. The summed E-state index contributed by atoms with van der Waals surface area (Å²) in [7, 11) is -4.67. The van der Waals surface area contributed by atoms with Crippen LogP contribution in [0.15, 0.2) is 0 Å². The molecule has 46 valence electrons. The van der Waals surface area contributed by atoms with Crippen molar-refractivity contribution in [3.63, 3.8) is 0 Å². The van der Waals surface area contributed by atoms with Crippen LogP contribution in [0.3, 0.4) is 0 Å². The van der Waals surface area contributed by atoms with Gasteiger partial charge in [-0.15, -0.1) is 0 Å². The molecule has 0 aliphatic carbocycles. The van der Waals surface area contributed by atoms with Crippen molar-refractivity contribution in [3.8, 4) is 0 Å². The van der Waals surface area contributed by atoms with E-state index in [9.17, 15) is 0 Å². The summed E-state index contributed by atoms with van der Waals surface area (Å²) >= 11 is 1.37. The zero-order valence-corrected chi connectivity index (χ0v) is 7.64.